The number of carbonyl (C=O) groups excluding carboxylic acids is 1. The van der Waals surface area contributed by atoms with Gasteiger partial charge in [-0.25, -0.2) is 4.79 Å². The van der Waals surface area contributed by atoms with E-state index in [0.29, 0.717) is 0 Å². The van der Waals surface area contributed by atoms with Gasteiger partial charge >= 0.3 is 6.09 Å². The predicted molar refractivity (Wildman–Crippen MR) is 70.6 cm³/mol. The van der Waals surface area contributed by atoms with E-state index in [1.165, 1.54) is 31.5 Å². The van der Waals surface area contributed by atoms with Gasteiger partial charge in [0.2, 0.25) is 0 Å². The Labute approximate surface area is 114 Å². The van der Waals surface area contributed by atoms with Gasteiger partial charge in [0.05, 0.1) is 11.1 Å². The summed E-state index contributed by atoms with van der Waals surface area (Å²) < 4.78 is 4.93. The number of nitrogens with zero attached hydrogens (tertiary/aromatic N) is 2. The molecule has 104 valence electrons. The first-order valence-electron chi connectivity index (χ1n) is 5.35. The Hall–Kier alpha value is -3.08. The number of non-ortho nitro benzene ring substituents is 1. The van der Waals surface area contributed by atoms with Gasteiger partial charge in [0.15, 0.2) is 6.61 Å². The number of nitro groups is 1. The third kappa shape index (κ3) is 4.30. The number of amides is 1. The SMILES string of the molecule is C#CCO/N=C/c1cc([N+](=O)[O-])ccc1OC(=O)NC. The van der Waals surface area contributed by atoms with E-state index < -0.39 is 11.0 Å². The summed E-state index contributed by atoms with van der Waals surface area (Å²) in [6.45, 7) is -0.0446. The van der Waals surface area contributed by atoms with Crippen molar-refractivity contribution in [1.82, 2.24) is 5.32 Å². The topological polar surface area (TPSA) is 103 Å². The zero-order valence-corrected chi connectivity index (χ0v) is 10.5. The van der Waals surface area contributed by atoms with E-state index >= 15 is 0 Å². The minimum atomic E-state index is -0.710. The van der Waals surface area contributed by atoms with Crippen LogP contribution in [0, 0.1) is 22.5 Å². The fraction of sp³-hybridized carbons (Fsp3) is 0.167. The molecule has 0 unspecified atom stereocenters. The molecule has 0 aliphatic heterocycles. The lowest BCUT2D eigenvalue weighted by Crippen LogP contribution is -2.22. The molecule has 1 aromatic rings. The highest BCUT2D eigenvalue weighted by atomic mass is 16.6. The van der Waals surface area contributed by atoms with Crippen molar-refractivity contribution in [2.75, 3.05) is 13.7 Å². The maximum atomic E-state index is 11.2. The molecule has 0 saturated carbocycles. The molecule has 0 atom stereocenters. The molecular formula is C12H11N3O5. The van der Waals surface area contributed by atoms with Crippen LogP contribution in [0.3, 0.4) is 0 Å². The second-order valence-electron chi connectivity index (χ2n) is 3.33. The van der Waals surface area contributed by atoms with Crippen molar-refractivity contribution < 1.29 is 19.3 Å². The smallest absolute Gasteiger partial charge is 0.410 e. The van der Waals surface area contributed by atoms with Gasteiger partial charge in [-0.3, -0.25) is 10.1 Å². The van der Waals surface area contributed by atoms with Crippen LogP contribution in [0.15, 0.2) is 23.4 Å². The van der Waals surface area contributed by atoms with Gasteiger partial charge in [0, 0.05) is 24.7 Å². The number of oxime groups is 1. The van der Waals surface area contributed by atoms with Crippen molar-refractivity contribution in [2.24, 2.45) is 5.16 Å². The summed E-state index contributed by atoms with van der Waals surface area (Å²) in [5.74, 6) is 2.30. The summed E-state index contributed by atoms with van der Waals surface area (Å²) in [7, 11) is 1.39. The molecular weight excluding hydrogens is 266 g/mol. The fourth-order valence-corrected chi connectivity index (χ4v) is 1.16. The number of hydrogen-bond donors (Lipinski definition) is 1. The molecule has 1 aromatic carbocycles. The van der Waals surface area contributed by atoms with Gasteiger partial charge in [-0.1, -0.05) is 11.1 Å². The maximum Gasteiger partial charge on any atom is 0.412 e. The zero-order chi connectivity index (χ0) is 15.0. The van der Waals surface area contributed by atoms with E-state index in [4.69, 9.17) is 11.2 Å². The lowest BCUT2D eigenvalue weighted by molar-refractivity contribution is -0.384. The number of terminal acetylenes is 1. The lowest BCUT2D eigenvalue weighted by Gasteiger charge is -2.06. The monoisotopic (exact) mass is 277 g/mol. The van der Waals surface area contributed by atoms with E-state index in [1.807, 2.05) is 0 Å². The van der Waals surface area contributed by atoms with E-state index in [1.54, 1.807) is 0 Å². The fourth-order valence-electron chi connectivity index (χ4n) is 1.16. The summed E-state index contributed by atoms with van der Waals surface area (Å²) in [6, 6.07) is 3.69. The van der Waals surface area contributed by atoms with Crippen molar-refractivity contribution in [1.29, 1.82) is 0 Å². The van der Waals surface area contributed by atoms with Gasteiger partial charge < -0.3 is 14.9 Å². The van der Waals surface area contributed by atoms with Crippen LogP contribution in [0.2, 0.25) is 0 Å². The number of carbonyl (C=O) groups is 1. The number of benzene rings is 1. The van der Waals surface area contributed by atoms with Crippen LogP contribution >= 0.6 is 0 Å². The van der Waals surface area contributed by atoms with Crippen LogP contribution in [0.4, 0.5) is 10.5 Å². The Kier molecular flexibility index (Phi) is 5.52. The first kappa shape index (κ1) is 15.0. The Balaban J connectivity index is 3.03. The van der Waals surface area contributed by atoms with Crippen molar-refractivity contribution in [2.45, 2.75) is 0 Å². The summed E-state index contributed by atoms with van der Waals surface area (Å²) in [6.07, 6.45) is 5.43. The van der Waals surface area contributed by atoms with Crippen LogP contribution in [0.1, 0.15) is 5.56 Å². The van der Waals surface area contributed by atoms with Crippen molar-refractivity contribution >= 4 is 18.0 Å². The highest BCUT2D eigenvalue weighted by Gasteiger charge is 2.13. The Morgan fingerprint density at radius 3 is 3.00 bits per heavy atom. The first-order chi connectivity index (χ1) is 9.58. The van der Waals surface area contributed by atoms with Gasteiger partial charge in [-0.05, 0) is 6.07 Å². The largest absolute Gasteiger partial charge is 0.412 e. The third-order valence-corrected chi connectivity index (χ3v) is 2.03. The highest BCUT2D eigenvalue weighted by molar-refractivity contribution is 5.86. The molecule has 0 bridgehead atoms. The van der Waals surface area contributed by atoms with Crippen LogP contribution in [0.25, 0.3) is 0 Å². The molecule has 8 heteroatoms. The molecule has 20 heavy (non-hydrogen) atoms. The van der Waals surface area contributed by atoms with E-state index in [0.717, 1.165) is 0 Å². The average Bonchev–Trinajstić information content (AvgIpc) is 2.44. The predicted octanol–water partition coefficient (Wildman–Crippen LogP) is 1.30. The molecule has 0 spiro atoms. The summed E-state index contributed by atoms with van der Waals surface area (Å²) in [4.78, 5) is 26.0. The van der Waals surface area contributed by atoms with Gasteiger partial charge in [0.1, 0.15) is 5.75 Å². The van der Waals surface area contributed by atoms with E-state index in [9.17, 15) is 14.9 Å². The van der Waals surface area contributed by atoms with Gasteiger partial charge in [0.25, 0.3) is 5.69 Å². The van der Waals surface area contributed by atoms with Crippen molar-refractivity contribution in [3.8, 4) is 18.1 Å². The van der Waals surface area contributed by atoms with Crippen LogP contribution < -0.4 is 10.1 Å². The third-order valence-electron chi connectivity index (χ3n) is 2.03. The molecule has 1 rings (SSSR count). The molecule has 0 radical (unpaired) electrons. The quantitative estimate of drug-likeness (QED) is 0.287. The minimum absolute atomic E-state index is 0.0446. The van der Waals surface area contributed by atoms with Crippen LogP contribution in [-0.4, -0.2) is 30.9 Å². The van der Waals surface area contributed by atoms with Gasteiger partial charge in [-0.2, -0.15) is 0 Å². The number of hydrogen-bond acceptors (Lipinski definition) is 6. The summed E-state index contributed by atoms with van der Waals surface area (Å²) >= 11 is 0. The molecule has 0 heterocycles. The molecule has 1 N–H and O–H groups in total. The first-order valence-corrected chi connectivity index (χ1v) is 5.35. The Morgan fingerprint density at radius 1 is 1.65 bits per heavy atom. The molecule has 0 aliphatic carbocycles. The Bertz CT molecular complexity index is 577. The normalized spacial score (nSPS) is 9.80. The summed E-state index contributed by atoms with van der Waals surface area (Å²) in [5, 5.41) is 16.5. The number of rotatable bonds is 5. The average molecular weight is 277 g/mol. The maximum absolute atomic E-state index is 11.2. The molecule has 1 amide bonds. The lowest BCUT2D eigenvalue weighted by atomic mass is 10.2. The molecule has 0 fully saturated rings. The molecule has 0 aliphatic rings. The number of nitro benzene ring substituents is 1. The number of ether oxygens (including phenoxy) is 1. The highest BCUT2D eigenvalue weighted by Crippen LogP contribution is 2.23. The standard InChI is InChI=1S/C12H11N3O5/c1-3-6-19-14-8-9-7-10(15(17)18)4-5-11(9)20-12(16)13-2/h1,4-5,7-8H,6H2,2H3,(H,13,16)/b14-8+. The van der Waals surface area contributed by atoms with Crippen LogP contribution in [0.5, 0.6) is 5.75 Å². The van der Waals surface area contributed by atoms with Crippen molar-refractivity contribution in [3.63, 3.8) is 0 Å². The summed E-state index contributed by atoms with van der Waals surface area (Å²) in [5.41, 5.74) is 0.0347. The second kappa shape index (κ2) is 7.38. The van der Waals surface area contributed by atoms with Crippen molar-refractivity contribution in [3.05, 3.63) is 33.9 Å². The Morgan fingerprint density at radius 2 is 2.40 bits per heavy atom. The number of nitrogens with one attached hydrogen (secondary N) is 1. The van der Waals surface area contributed by atoms with Gasteiger partial charge in [-0.15, -0.1) is 6.42 Å². The molecule has 0 aromatic heterocycles. The van der Waals surface area contributed by atoms with E-state index in [2.05, 4.69) is 21.2 Å². The van der Waals surface area contributed by atoms with E-state index in [-0.39, 0.29) is 23.6 Å². The zero-order valence-electron chi connectivity index (χ0n) is 10.5. The minimum Gasteiger partial charge on any atom is -0.410 e. The molecule has 8 nitrogen and oxygen atoms in total. The molecule has 0 saturated heterocycles. The second-order valence-corrected chi connectivity index (χ2v) is 3.33. The van der Waals surface area contributed by atoms with Crippen LogP contribution in [-0.2, 0) is 4.84 Å².